The molecule has 0 radical (unpaired) electrons. The van der Waals surface area contributed by atoms with E-state index in [2.05, 4.69) is 16.0 Å². The SMILES string of the molecule is CCOC(=O)n1c(CC)c(C#N)c2[nH]cnc(=S)c21. The molecule has 0 fully saturated rings. The molecule has 0 aliphatic heterocycles. The highest BCUT2D eigenvalue weighted by molar-refractivity contribution is 7.71. The van der Waals surface area contributed by atoms with Crippen molar-refractivity contribution in [2.75, 3.05) is 6.61 Å². The summed E-state index contributed by atoms with van der Waals surface area (Å²) in [5.41, 5.74) is 1.92. The topological polar surface area (TPSA) is 83.7 Å². The molecule has 0 saturated carbocycles. The van der Waals surface area contributed by atoms with Gasteiger partial charge in [-0.3, -0.25) is 0 Å². The van der Waals surface area contributed by atoms with Gasteiger partial charge in [-0.25, -0.2) is 14.3 Å². The zero-order valence-electron chi connectivity index (χ0n) is 10.6. The van der Waals surface area contributed by atoms with Crippen LogP contribution in [-0.4, -0.2) is 27.2 Å². The van der Waals surface area contributed by atoms with Gasteiger partial charge in [0.2, 0.25) is 0 Å². The fraction of sp³-hybridized carbons (Fsp3) is 0.333. The van der Waals surface area contributed by atoms with E-state index in [4.69, 9.17) is 17.0 Å². The van der Waals surface area contributed by atoms with Gasteiger partial charge in [-0.05, 0) is 13.3 Å². The molecule has 6 nitrogen and oxygen atoms in total. The summed E-state index contributed by atoms with van der Waals surface area (Å²) in [7, 11) is 0. The average molecular weight is 276 g/mol. The van der Waals surface area contributed by atoms with Crippen molar-refractivity contribution >= 4 is 29.3 Å². The maximum atomic E-state index is 12.1. The molecule has 0 atom stereocenters. The minimum Gasteiger partial charge on any atom is -0.449 e. The van der Waals surface area contributed by atoms with E-state index in [-0.39, 0.29) is 11.2 Å². The molecule has 2 heterocycles. The first-order valence-corrected chi connectivity index (χ1v) is 6.24. The summed E-state index contributed by atoms with van der Waals surface area (Å²) < 4.78 is 6.62. The van der Waals surface area contributed by atoms with Gasteiger partial charge in [-0.1, -0.05) is 19.1 Å². The fourth-order valence-electron chi connectivity index (χ4n) is 2.03. The third kappa shape index (κ3) is 2.00. The highest BCUT2D eigenvalue weighted by atomic mass is 32.1. The lowest BCUT2D eigenvalue weighted by Gasteiger charge is -2.07. The molecule has 0 aliphatic carbocycles. The Bertz CT molecular complexity index is 738. The van der Waals surface area contributed by atoms with Crippen LogP contribution in [0, 0.1) is 16.0 Å². The van der Waals surface area contributed by atoms with E-state index in [1.165, 1.54) is 10.9 Å². The Hall–Kier alpha value is -2.20. The Morgan fingerprint density at radius 2 is 2.37 bits per heavy atom. The Morgan fingerprint density at radius 3 is 2.95 bits per heavy atom. The van der Waals surface area contributed by atoms with Crippen molar-refractivity contribution < 1.29 is 9.53 Å². The van der Waals surface area contributed by atoms with E-state index in [9.17, 15) is 10.1 Å². The first-order valence-electron chi connectivity index (χ1n) is 5.83. The minimum absolute atomic E-state index is 0.250. The number of nitrogens with zero attached hydrogens (tertiary/aromatic N) is 3. The number of fused-ring (bicyclic) bond motifs is 1. The van der Waals surface area contributed by atoms with E-state index >= 15 is 0 Å². The van der Waals surface area contributed by atoms with Crippen LogP contribution in [0.4, 0.5) is 4.79 Å². The third-order valence-corrected chi connectivity index (χ3v) is 3.06. The predicted molar refractivity (Wildman–Crippen MR) is 71.4 cm³/mol. The van der Waals surface area contributed by atoms with Crippen LogP contribution in [0.25, 0.3) is 11.0 Å². The summed E-state index contributed by atoms with van der Waals surface area (Å²) in [6.45, 7) is 3.83. The predicted octanol–water partition coefficient (Wildman–Crippen LogP) is 2.53. The minimum atomic E-state index is -0.543. The molecule has 0 bridgehead atoms. The van der Waals surface area contributed by atoms with E-state index < -0.39 is 6.09 Å². The lowest BCUT2D eigenvalue weighted by Crippen LogP contribution is -2.16. The van der Waals surface area contributed by atoms with Gasteiger partial charge in [-0.15, -0.1) is 0 Å². The lowest BCUT2D eigenvalue weighted by molar-refractivity contribution is 0.154. The summed E-state index contributed by atoms with van der Waals surface area (Å²) in [5.74, 6) is 0. The van der Waals surface area contributed by atoms with E-state index in [1.807, 2.05) is 6.92 Å². The molecular formula is C12H12N4O2S. The van der Waals surface area contributed by atoms with Crippen molar-refractivity contribution in [1.82, 2.24) is 14.5 Å². The van der Waals surface area contributed by atoms with Gasteiger partial charge in [0.15, 0.2) is 4.64 Å². The number of carbonyl (C=O) groups excluding carboxylic acids is 1. The molecule has 0 saturated heterocycles. The fourth-order valence-corrected chi connectivity index (χ4v) is 2.27. The molecule has 2 rings (SSSR count). The second-order valence-corrected chi connectivity index (χ2v) is 4.14. The third-order valence-electron chi connectivity index (χ3n) is 2.76. The van der Waals surface area contributed by atoms with Crippen molar-refractivity contribution in [2.45, 2.75) is 20.3 Å². The van der Waals surface area contributed by atoms with E-state index in [0.29, 0.717) is 28.7 Å². The molecule has 0 aliphatic rings. The maximum absolute atomic E-state index is 12.1. The van der Waals surface area contributed by atoms with Crippen LogP contribution in [0.15, 0.2) is 6.33 Å². The van der Waals surface area contributed by atoms with E-state index in [1.54, 1.807) is 6.92 Å². The van der Waals surface area contributed by atoms with E-state index in [0.717, 1.165) is 0 Å². The van der Waals surface area contributed by atoms with Crippen molar-refractivity contribution in [3.63, 3.8) is 0 Å². The standard InChI is InChI=1S/C12H12N4O2S/c1-3-8-7(5-13)9-10(11(19)15-6-14-9)16(8)12(17)18-4-2/h6H,3-4H2,1-2H3,(H,14,15,19). The molecule has 98 valence electrons. The van der Waals surface area contributed by atoms with Gasteiger partial charge in [0.05, 0.1) is 24.0 Å². The van der Waals surface area contributed by atoms with Crippen LogP contribution in [0.2, 0.25) is 0 Å². The van der Waals surface area contributed by atoms with Crippen LogP contribution < -0.4 is 0 Å². The second-order valence-electron chi connectivity index (χ2n) is 3.75. The Labute approximate surface area is 114 Å². The number of rotatable bonds is 2. The van der Waals surface area contributed by atoms with Gasteiger partial charge >= 0.3 is 6.09 Å². The van der Waals surface area contributed by atoms with Gasteiger partial charge in [0.25, 0.3) is 0 Å². The largest absolute Gasteiger partial charge is 0.449 e. The molecule has 0 unspecified atom stereocenters. The Kier molecular flexibility index (Phi) is 3.62. The highest BCUT2D eigenvalue weighted by Crippen LogP contribution is 2.25. The van der Waals surface area contributed by atoms with Crippen LogP contribution in [0.5, 0.6) is 0 Å². The van der Waals surface area contributed by atoms with Gasteiger partial charge in [0.1, 0.15) is 11.6 Å². The van der Waals surface area contributed by atoms with Crippen LogP contribution in [0.1, 0.15) is 25.1 Å². The van der Waals surface area contributed by atoms with Crippen molar-refractivity contribution in [3.05, 3.63) is 22.2 Å². The quantitative estimate of drug-likeness (QED) is 0.852. The number of carbonyl (C=O) groups is 1. The smallest absolute Gasteiger partial charge is 0.418 e. The number of hydrogen-bond acceptors (Lipinski definition) is 5. The number of ether oxygens (including phenoxy) is 1. The number of H-pyrrole nitrogens is 1. The van der Waals surface area contributed by atoms with Gasteiger partial charge < -0.3 is 9.72 Å². The van der Waals surface area contributed by atoms with Crippen molar-refractivity contribution in [1.29, 1.82) is 5.26 Å². The molecule has 19 heavy (non-hydrogen) atoms. The maximum Gasteiger partial charge on any atom is 0.418 e. The first kappa shape index (κ1) is 13.2. The number of nitriles is 1. The Morgan fingerprint density at radius 1 is 1.63 bits per heavy atom. The number of aromatic amines is 1. The second kappa shape index (κ2) is 5.20. The molecule has 7 heteroatoms. The summed E-state index contributed by atoms with van der Waals surface area (Å²) in [5, 5.41) is 9.27. The van der Waals surface area contributed by atoms with Crippen LogP contribution in [-0.2, 0) is 11.2 Å². The summed E-state index contributed by atoms with van der Waals surface area (Å²) in [6, 6.07) is 2.10. The monoisotopic (exact) mass is 276 g/mol. The highest BCUT2D eigenvalue weighted by Gasteiger charge is 2.22. The summed E-state index contributed by atoms with van der Waals surface area (Å²) in [6.07, 6.45) is 1.39. The first-order chi connectivity index (χ1) is 9.15. The summed E-state index contributed by atoms with van der Waals surface area (Å²) >= 11 is 5.14. The molecule has 1 N–H and O–H groups in total. The van der Waals surface area contributed by atoms with Gasteiger partial charge in [-0.2, -0.15) is 5.26 Å². The molecule has 0 aromatic carbocycles. The van der Waals surface area contributed by atoms with Crippen LogP contribution in [0.3, 0.4) is 0 Å². The molecule has 2 aromatic rings. The number of hydrogen-bond donors (Lipinski definition) is 1. The molecule has 2 aromatic heterocycles. The van der Waals surface area contributed by atoms with Crippen molar-refractivity contribution in [3.8, 4) is 6.07 Å². The van der Waals surface area contributed by atoms with Crippen molar-refractivity contribution in [2.24, 2.45) is 0 Å². The average Bonchev–Trinajstić information content (AvgIpc) is 2.73. The normalized spacial score (nSPS) is 10.4. The number of nitrogens with one attached hydrogen (secondary N) is 1. The van der Waals surface area contributed by atoms with Gasteiger partial charge in [0, 0.05) is 5.69 Å². The lowest BCUT2D eigenvalue weighted by atomic mass is 10.2. The number of aromatic nitrogens is 3. The van der Waals surface area contributed by atoms with Crippen LogP contribution >= 0.6 is 12.2 Å². The molecule has 0 amide bonds. The molecule has 0 spiro atoms. The summed E-state index contributed by atoms with van der Waals surface area (Å²) in [4.78, 5) is 18.9. The zero-order valence-corrected chi connectivity index (χ0v) is 11.4. The Balaban J connectivity index is 2.92. The molecular weight excluding hydrogens is 264 g/mol. The zero-order chi connectivity index (χ0) is 14.0.